The van der Waals surface area contributed by atoms with Gasteiger partial charge in [0.2, 0.25) is 5.91 Å². The van der Waals surface area contributed by atoms with E-state index < -0.39 is 0 Å². The molecule has 0 bridgehead atoms. The number of nitrogens with zero attached hydrogens (tertiary/aromatic N) is 1. The van der Waals surface area contributed by atoms with E-state index in [4.69, 9.17) is 0 Å². The molecule has 1 fully saturated rings. The Labute approximate surface area is 97.0 Å². The molecule has 1 rings (SSSR count). The molecule has 0 aromatic rings. The molecule has 88 valence electrons. The first-order chi connectivity index (χ1) is 7.04. The minimum atomic E-state index is 0.0547. The Morgan fingerprint density at radius 3 is 2.73 bits per heavy atom. The van der Waals surface area contributed by atoms with Crippen LogP contribution in [0.3, 0.4) is 0 Å². The van der Waals surface area contributed by atoms with E-state index in [1.165, 1.54) is 0 Å². The van der Waals surface area contributed by atoms with Crippen molar-refractivity contribution in [1.29, 1.82) is 0 Å². The fourth-order valence-electron chi connectivity index (χ4n) is 1.86. The second kappa shape index (κ2) is 5.75. The van der Waals surface area contributed by atoms with Crippen LogP contribution in [0, 0.1) is 0 Å². The number of likely N-dealkylation sites (tertiary alicyclic amines) is 1. The average molecular weight is 230 g/mol. The molecule has 4 heteroatoms. The summed E-state index contributed by atoms with van der Waals surface area (Å²) >= 11 is 1.81. The zero-order valence-electron chi connectivity index (χ0n) is 10.1. The third kappa shape index (κ3) is 3.68. The van der Waals surface area contributed by atoms with E-state index in [-0.39, 0.29) is 11.9 Å². The van der Waals surface area contributed by atoms with E-state index in [1.807, 2.05) is 16.7 Å². The van der Waals surface area contributed by atoms with Crippen molar-refractivity contribution in [2.75, 3.05) is 19.3 Å². The molecule has 1 aliphatic rings. The van der Waals surface area contributed by atoms with Crippen molar-refractivity contribution in [1.82, 2.24) is 10.2 Å². The Hall–Kier alpha value is -0.220. The van der Waals surface area contributed by atoms with Crippen molar-refractivity contribution >= 4 is 17.7 Å². The van der Waals surface area contributed by atoms with Gasteiger partial charge in [-0.1, -0.05) is 20.8 Å². The Bertz CT molecular complexity index is 221. The number of carbonyl (C=O) groups is 1. The maximum absolute atomic E-state index is 11.9. The van der Waals surface area contributed by atoms with Crippen LogP contribution in [0.15, 0.2) is 0 Å². The second-order valence-electron chi connectivity index (χ2n) is 4.49. The van der Waals surface area contributed by atoms with Crippen molar-refractivity contribution in [3.05, 3.63) is 0 Å². The van der Waals surface area contributed by atoms with Gasteiger partial charge in [-0.25, -0.2) is 0 Å². The van der Waals surface area contributed by atoms with E-state index in [1.54, 1.807) is 0 Å². The molecule has 0 spiro atoms. The molecule has 1 heterocycles. The predicted molar refractivity (Wildman–Crippen MR) is 66.2 cm³/mol. The highest BCUT2D eigenvalue weighted by Crippen LogP contribution is 2.15. The van der Waals surface area contributed by atoms with Gasteiger partial charge >= 0.3 is 0 Å². The van der Waals surface area contributed by atoms with Gasteiger partial charge in [-0.15, -0.1) is 0 Å². The Balaban J connectivity index is 2.42. The first kappa shape index (κ1) is 12.8. The summed E-state index contributed by atoms with van der Waals surface area (Å²) in [5.74, 6) is 0.282. The molecule has 0 aliphatic carbocycles. The van der Waals surface area contributed by atoms with E-state index >= 15 is 0 Å². The summed E-state index contributed by atoms with van der Waals surface area (Å²) in [4.78, 5) is 13.9. The fourth-order valence-corrected chi connectivity index (χ4v) is 2.19. The van der Waals surface area contributed by atoms with E-state index in [0.717, 1.165) is 19.5 Å². The molecule has 2 atom stereocenters. The summed E-state index contributed by atoms with van der Waals surface area (Å²) in [6.07, 6.45) is 3.05. The van der Waals surface area contributed by atoms with Gasteiger partial charge in [-0.3, -0.25) is 4.79 Å². The van der Waals surface area contributed by atoms with E-state index in [9.17, 15) is 4.79 Å². The van der Waals surface area contributed by atoms with Gasteiger partial charge in [0.15, 0.2) is 0 Å². The lowest BCUT2D eigenvalue weighted by molar-refractivity contribution is -0.129. The van der Waals surface area contributed by atoms with Gasteiger partial charge in [0.1, 0.15) is 0 Å². The molecule has 15 heavy (non-hydrogen) atoms. The van der Waals surface area contributed by atoms with Crippen LogP contribution in [0.1, 0.15) is 27.2 Å². The monoisotopic (exact) mass is 230 g/mol. The van der Waals surface area contributed by atoms with Gasteiger partial charge in [0.05, 0.1) is 6.04 Å². The largest absolute Gasteiger partial charge is 0.340 e. The van der Waals surface area contributed by atoms with Crippen LogP contribution in [0.2, 0.25) is 0 Å². The highest BCUT2D eigenvalue weighted by Gasteiger charge is 2.31. The maximum Gasteiger partial charge on any atom is 0.239 e. The lowest BCUT2D eigenvalue weighted by Crippen LogP contribution is -2.42. The van der Waals surface area contributed by atoms with E-state index in [2.05, 4.69) is 32.3 Å². The summed E-state index contributed by atoms with van der Waals surface area (Å²) in [7, 11) is 0. The summed E-state index contributed by atoms with van der Waals surface area (Å²) in [6, 6.07) is 0.441. The Kier molecular flexibility index (Phi) is 4.93. The minimum Gasteiger partial charge on any atom is -0.340 e. The lowest BCUT2D eigenvalue weighted by Gasteiger charge is -2.21. The molecule has 2 unspecified atom stereocenters. The average Bonchev–Trinajstić information content (AvgIpc) is 2.49. The number of carbonyl (C=O) groups excluding carboxylic acids is 1. The van der Waals surface area contributed by atoms with Crippen LogP contribution in [-0.4, -0.2) is 47.5 Å². The van der Waals surface area contributed by atoms with Crippen molar-refractivity contribution < 1.29 is 4.79 Å². The van der Waals surface area contributed by atoms with Crippen LogP contribution >= 0.6 is 11.8 Å². The summed E-state index contributed by atoms with van der Waals surface area (Å²) in [5.41, 5.74) is 0. The SMILES string of the molecule is CSC(C)CN1CCC(NC(C)C)C1=O. The number of hydrogen-bond donors (Lipinski definition) is 1. The van der Waals surface area contributed by atoms with Crippen molar-refractivity contribution in [3.8, 4) is 0 Å². The lowest BCUT2D eigenvalue weighted by atomic mass is 10.2. The van der Waals surface area contributed by atoms with Crippen LogP contribution in [0.5, 0.6) is 0 Å². The summed E-state index contributed by atoms with van der Waals surface area (Å²) in [5, 5.41) is 3.85. The molecule has 1 N–H and O–H groups in total. The van der Waals surface area contributed by atoms with Crippen LogP contribution in [0.25, 0.3) is 0 Å². The van der Waals surface area contributed by atoms with Gasteiger partial charge in [0, 0.05) is 24.4 Å². The third-order valence-electron chi connectivity index (χ3n) is 2.71. The summed E-state index contributed by atoms with van der Waals surface area (Å²) < 4.78 is 0. The van der Waals surface area contributed by atoms with Crippen molar-refractivity contribution in [2.24, 2.45) is 0 Å². The van der Waals surface area contributed by atoms with Gasteiger partial charge in [-0.2, -0.15) is 11.8 Å². The standard InChI is InChI=1S/C11H22N2OS/c1-8(2)12-10-5-6-13(11(10)14)7-9(3)15-4/h8-10,12H,5-7H2,1-4H3. The highest BCUT2D eigenvalue weighted by molar-refractivity contribution is 7.99. The fraction of sp³-hybridized carbons (Fsp3) is 0.909. The van der Waals surface area contributed by atoms with Crippen molar-refractivity contribution in [3.63, 3.8) is 0 Å². The van der Waals surface area contributed by atoms with Crippen LogP contribution in [-0.2, 0) is 4.79 Å². The van der Waals surface area contributed by atoms with Crippen LogP contribution < -0.4 is 5.32 Å². The zero-order chi connectivity index (χ0) is 11.4. The topological polar surface area (TPSA) is 32.3 Å². The van der Waals surface area contributed by atoms with Crippen molar-refractivity contribution in [2.45, 2.75) is 44.5 Å². The molecule has 1 aliphatic heterocycles. The second-order valence-corrected chi connectivity index (χ2v) is 5.77. The molecule has 3 nitrogen and oxygen atoms in total. The predicted octanol–water partition coefficient (Wildman–Crippen LogP) is 1.34. The van der Waals surface area contributed by atoms with Gasteiger partial charge < -0.3 is 10.2 Å². The Morgan fingerprint density at radius 2 is 2.20 bits per heavy atom. The molecule has 0 saturated carbocycles. The Morgan fingerprint density at radius 1 is 1.53 bits per heavy atom. The molecule has 0 radical (unpaired) electrons. The minimum absolute atomic E-state index is 0.0547. The third-order valence-corrected chi connectivity index (χ3v) is 3.67. The smallest absolute Gasteiger partial charge is 0.239 e. The molecule has 1 saturated heterocycles. The number of amides is 1. The number of hydrogen-bond acceptors (Lipinski definition) is 3. The maximum atomic E-state index is 11.9. The zero-order valence-corrected chi connectivity index (χ0v) is 10.9. The number of rotatable bonds is 5. The summed E-state index contributed by atoms with van der Waals surface area (Å²) in [6.45, 7) is 8.13. The molecular weight excluding hydrogens is 208 g/mol. The highest BCUT2D eigenvalue weighted by atomic mass is 32.2. The quantitative estimate of drug-likeness (QED) is 0.773. The number of thioether (sulfide) groups is 1. The van der Waals surface area contributed by atoms with Gasteiger partial charge in [-0.05, 0) is 12.7 Å². The normalized spacial score (nSPS) is 23.9. The van der Waals surface area contributed by atoms with Gasteiger partial charge in [0.25, 0.3) is 0 Å². The molecule has 1 amide bonds. The first-order valence-corrected chi connectivity index (χ1v) is 6.91. The molecule has 0 aromatic carbocycles. The first-order valence-electron chi connectivity index (χ1n) is 5.62. The molecular formula is C11H22N2OS. The van der Waals surface area contributed by atoms with Crippen LogP contribution in [0.4, 0.5) is 0 Å². The van der Waals surface area contributed by atoms with E-state index in [0.29, 0.717) is 11.3 Å². The number of nitrogens with one attached hydrogen (secondary N) is 1. The molecule has 0 aromatic heterocycles.